The van der Waals surface area contributed by atoms with Crippen molar-refractivity contribution < 1.29 is 9.53 Å². The van der Waals surface area contributed by atoms with Crippen LogP contribution in [0.25, 0.3) is 0 Å². The number of rotatable bonds is 7. The molecule has 0 spiro atoms. The molecule has 4 rings (SSSR count). The molecule has 0 saturated heterocycles. The minimum absolute atomic E-state index is 0.339. The molecule has 1 aliphatic rings. The van der Waals surface area contributed by atoms with Crippen LogP contribution in [0.15, 0.2) is 54.7 Å². The molecule has 0 unspecified atom stereocenters. The molecule has 29 heavy (non-hydrogen) atoms. The van der Waals surface area contributed by atoms with Gasteiger partial charge in [0.2, 0.25) is 0 Å². The molecule has 0 amide bonds. The van der Waals surface area contributed by atoms with Crippen LogP contribution in [0, 0.1) is 0 Å². The lowest BCUT2D eigenvalue weighted by Crippen LogP contribution is -2.33. The first kappa shape index (κ1) is 19.3. The van der Waals surface area contributed by atoms with Crippen molar-refractivity contribution in [1.29, 1.82) is 0 Å². The maximum atomic E-state index is 12.5. The van der Waals surface area contributed by atoms with Gasteiger partial charge in [-0.05, 0) is 31.0 Å². The number of hydrogen-bond donors (Lipinski definition) is 0. The molecule has 2 aromatic heterocycles. The van der Waals surface area contributed by atoms with Crippen LogP contribution >= 0.6 is 0 Å². The molecule has 0 N–H and O–H groups in total. The van der Waals surface area contributed by atoms with Gasteiger partial charge in [-0.15, -0.1) is 0 Å². The molecule has 0 saturated carbocycles. The Labute approximate surface area is 171 Å². The summed E-state index contributed by atoms with van der Waals surface area (Å²) in [5.41, 5.74) is 4.82. The molecular formula is C23H26N4O2. The smallest absolute Gasteiger partial charge is 0.359 e. The van der Waals surface area contributed by atoms with Gasteiger partial charge in [-0.1, -0.05) is 36.4 Å². The molecule has 6 heteroatoms. The summed E-state index contributed by atoms with van der Waals surface area (Å²) >= 11 is 0. The van der Waals surface area contributed by atoms with Gasteiger partial charge in [-0.2, -0.15) is 5.10 Å². The van der Waals surface area contributed by atoms with E-state index in [-0.39, 0.29) is 5.97 Å². The van der Waals surface area contributed by atoms with Crippen LogP contribution in [-0.4, -0.2) is 45.3 Å². The highest BCUT2D eigenvalue weighted by Crippen LogP contribution is 2.24. The second-order valence-electron chi connectivity index (χ2n) is 7.23. The molecule has 0 aliphatic carbocycles. The van der Waals surface area contributed by atoms with Gasteiger partial charge < -0.3 is 4.74 Å². The monoisotopic (exact) mass is 390 g/mol. The highest BCUT2D eigenvalue weighted by atomic mass is 16.5. The molecule has 0 radical (unpaired) electrons. The molecule has 0 atom stereocenters. The zero-order valence-electron chi connectivity index (χ0n) is 16.8. The first-order valence-electron chi connectivity index (χ1n) is 10.2. The van der Waals surface area contributed by atoms with E-state index in [0.717, 1.165) is 49.4 Å². The van der Waals surface area contributed by atoms with E-state index in [4.69, 9.17) is 4.74 Å². The third-order valence-electron chi connectivity index (χ3n) is 5.28. The van der Waals surface area contributed by atoms with Gasteiger partial charge in [0.05, 0.1) is 18.8 Å². The Balaban J connectivity index is 1.55. The summed E-state index contributed by atoms with van der Waals surface area (Å²) in [7, 11) is 0. The lowest BCUT2D eigenvalue weighted by Gasteiger charge is -2.27. The Hall–Kier alpha value is -2.99. The lowest BCUT2D eigenvalue weighted by atomic mass is 10.0. The number of ether oxygens (including phenoxy) is 1. The highest BCUT2D eigenvalue weighted by Gasteiger charge is 2.28. The van der Waals surface area contributed by atoms with E-state index in [1.165, 1.54) is 5.56 Å². The van der Waals surface area contributed by atoms with Crippen LogP contribution in [0.3, 0.4) is 0 Å². The van der Waals surface area contributed by atoms with E-state index in [1.54, 1.807) is 6.20 Å². The zero-order chi connectivity index (χ0) is 20.1. The van der Waals surface area contributed by atoms with E-state index < -0.39 is 0 Å². The van der Waals surface area contributed by atoms with Crippen molar-refractivity contribution in [1.82, 2.24) is 19.7 Å². The van der Waals surface area contributed by atoms with Gasteiger partial charge >= 0.3 is 5.97 Å². The maximum Gasteiger partial charge on any atom is 0.359 e. The number of carbonyl (C=O) groups excluding carboxylic acids is 1. The second-order valence-corrected chi connectivity index (χ2v) is 7.23. The number of carbonyl (C=O) groups is 1. The van der Waals surface area contributed by atoms with Crippen LogP contribution in [0.4, 0.5) is 0 Å². The molecule has 6 nitrogen and oxygen atoms in total. The van der Waals surface area contributed by atoms with Crippen molar-refractivity contribution in [3.05, 3.63) is 82.9 Å². The summed E-state index contributed by atoms with van der Waals surface area (Å²) in [5.74, 6) is -0.339. The van der Waals surface area contributed by atoms with Gasteiger partial charge in [0, 0.05) is 43.5 Å². The summed E-state index contributed by atoms with van der Waals surface area (Å²) in [6, 6.07) is 16.3. The van der Waals surface area contributed by atoms with Crippen LogP contribution in [0.1, 0.15) is 39.9 Å². The van der Waals surface area contributed by atoms with Crippen LogP contribution in [0.5, 0.6) is 0 Å². The Morgan fingerprint density at radius 1 is 1.14 bits per heavy atom. The summed E-state index contributed by atoms with van der Waals surface area (Å²) < 4.78 is 7.20. The van der Waals surface area contributed by atoms with Gasteiger partial charge in [-0.3, -0.25) is 14.6 Å². The number of pyridine rings is 1. The molecule has 3 aromatic rings. The number of hydrogen-bond acceptors (Lipinski definition) is 5. The molecular weight excluding hydrogens is 364 g/mol. The number of aromatic nitrogens is 3. The number of benzene rings is 1. The first-order valence-corrected chi connectivity index (χ1v) is 10.2. The lowest BCUT2D eigenvalue weighted by molar-refractivity contribution is 0.0516. The van der Waals surface area contributed by atoms with Crippen molar-refractivity contribution >= 4 is 5.97 Å². The van der Waals surface area contributed by atoms with Crippen molar-refractivity contribution in [2.24, 2.45) is 0 Å². The maximum absolute atomic E-state index is 12.5. The van der Waals surface area contributed by atoms with Crippen LogP contribution in [0.2, 0.25) is 0 Å². The van der Waals surface area contributed by atoms with Crippen molar-refractivity contribution in [3.63, 3.8) is 0 Å². The summed E-state index contributed by atoms with van der Waals surface area (Å²) in [6.45, 7) is 5.36. The topological polar surface area (TPSA) is 60.2 Å². The van der Waals surface area contributed by atoms with E-state index in [2.05, 4.69) is 39.2 Å². The predicted octanol–water partition coefficient (Wildman–Crippen LogP) is 3.10. The Kier molecular flexibility index (Phi) is 6.00. The average molecular weight is 390 g/mol. The van der Waals surface area contributed by atoms with Crippen molar-refractivity contribution in [2.75, 3.05) is 19.7 Å². The standard InChI is InChI=1S/C23H26N4O2/c1-2-29-23(28)22-20-17-26(14-11-18-8-4-3-5-9-18)15-12-21(20)27(25-22)16-19-10-6-7-13-24-19/h3-10,13H,2,11-12,14-17H2,1H3. The SMILES string of the molecule is CCOC(=O)c1nn(Cc2ccccn2)c2c1CN(CCc1ccccc1)CC2. The first-order chi connectivity index (χ1) is 14.2. The Morgan fingerprint density at radius 2 is 1.97 bits per heavy atom. The molecule has 150 valence electrons. The van der Waals surface area contributed by atoms with E-state index in [9.17, 15) is 4.79 Å². The molecule has 0 bridgehead atoms. The Bertz CT molecular complexity index is 954. The van der Waals surface area contributed by atoms with E-state index in [1.807, 2.05) is 35.9 Å². The summed E-state index contributed by atoms with van der Waals surface area (Å²) in [6.07, 6.45) is 3.64. The van der Waals surface area contributed by atoms with Crippen molar-refractivity contribution in [2.45, 2.75) is 32.9 Å². The fraction of sp³-hybridized carbons (Fsp3) is 0.348. The Morgan fingerprint density at radius 3 is 2.72 bits per heavy atom. The number of esters is 1. The molecule has 0 fully saturated rings. The third kappa shape index (κ3) is 4.54. The van der Waals surface area contributed by atoms with Gasteiger partial charge in [-0.25, -0.2) is 4.79 Å². The average Bonchev–Trinajstić information content (AvgIpc) is 3.12. The third-order valence-corrected chi connectivity index (χ3v) is 5.28. The largest absolute Gasteiger partial charge is 0.461 e. The summed E-state index contributed by atoms with van der Waals surface area (Å²) in [5, 5.41) is 4.63. The van der Waals surface area contributed by atoms with Gasteiger partial charge in [0.15, 0.2) is 5.69 Å². The van der Waals surface area contributed by atoms with Crippen LogP contribution in [-0.2, 0) is 30.7 Å². The minimum Gasteiger partial charge on any atom is -0.461 e. The molecule has 1 aliphatic heterocycles. The van der Waals surface area contributed by atoms with E-state index in [0.29, 0.717) is 18.8 Å². The fourth-order valence-electron chi connectivity index (χ4n) is 3.81. The minimum atomic E-state index is -0.339. The molecule has 1 aromatic carbocycles. The fourth-order valence-corrected chi connectivity index (χ4v) is 3.81. The number of nitrogens with zero attached hydrogens (tertiary/aromatic N) is 4. The van der Waals surface area contributed by atoms with Gasteiger partial charge in [0.25, 0.3) is 0 Å². The van der Waals surface area contributed by atoms with Crippen LogP contribution < -0.4 is 0 Å². The van der Waals surface area contributed by atoms with E-state index >= 15 is 0 Å². The zero-order valence-corrected chi connectivity index (χ0v) is 16.8. The highest BCUT2D eigenvalue weighted by molar-refractivity contribution is 5.89. The van der Waals surface area contributed by atoms with Crippen molar-refractivity contribution in [3.8, 4) is 0 Å². The predicted molar refractivity (Wildman–Crippen MR) is 111 cm³/mol. The number of fused-ring (bicyclic) bond motifs is 1. The normalized spacial score (nSPS) is 13.8. The second kappa shape index (κ2) is 9.01. The summed E-state index contributed by atoms with van der Waals surface area (Å²) in [4.78, 5) is 19.3. The van der Waals surface area contributed by atoms with Gasteiger partial charge in [0.1, 0.15) is 0 Å². The molecule has 3 heterocycles. The quantitative estimate of drug-likeness (QED) is 0.580.